The van der Waals surface area contributed by atoms with Crippen LogP contribution in [-0.4, -0.2) is 213 Å². The number of nitrogens with one attached hydrogen (secondary N) is 7. The molecule has 0 radical (unpaired) electrons. The number of likely N-dealkylation sites (tertiary alicyclic amines) is 1. The Bertz CT molecular complexity index is 2750. The van der Waals surface area contributed by atoms with Gasteiger partial charge in [-0.3, -0.25) is 57.7 Å². The van der Waals surface area contributed by atoms with Crippen molar-refractivity contribution in [2.24, 2.45) is 39.4 Å². The highest BCUT2D eigenvalue weighted by molar-refractivity contribution is 8.76. The molecule has 2 aromatic rings. The summed E-state index contributed by atoms with van der Waals surface area (Å²) in [7, 11) is 1.92. The van der Waals surface area contributed by atoms with Crippen molar-refractivity contribution >= 4 is 92.5 Å². The molecule has 32 nitrogen and oxygen atoms in total. The summed E-state index contributed by atoms with van der Waals surface area (Å²) in [6, 6.07) is 2.13. The molecule has 34 heteroatoms. The van der Waals surface area contributed by atoms with Crippen LogP contribution in [-0.2, 0) is 70.3 Å². The predicted octanol–water partition coefficient (Wildman–Crippen LogP) is -7.93. The van der Waals surface area contributed by atoms with E-state index in [9.17, 15) is 73.2 Å². The number of benzene rings is 2. The quantitative estimate of drug-likeness (QED) is 0.0225. The molecule has 0 aromatic heterocycles. The molecule has 3 saturated heterocycles. The summed E-state index contributed by atoms with van der Waals surface area (Å²) in [5.41, 5.74) is 34.4. The molecule has 0 saturated carbocycles. The molecule has 0 aliphatic carbocycles. The second-order valence-electron chi connectivity index (χ2n) is 20.4. The van der Waals surface area contributed by atoms with E-state index in [2.05, 4.69) is 42.2 Å². The van der Waals surface area contributed by atoms with Crippen LogP contribution in [0.4, 0.5) is 0 Å². The van der Waals surface area contributed by atoms with Crippen molar-refractivity contribution in [2.75, 3.05) is 37.7 Å². The van der Waals surface area contributed by atoms with Crippen molar-refractivity contribution in [2.45, 2.75) is 137 Å². The first-order valence-electron chi connectivity index (χ1n) is 27.3. The summed E-state index contributed by atoms with van der Waals surface area (Å²) in [5.74, 6) is -10.9. The van der Waals surface area contributed by atoms with Gasteiger partial charge in [-0.1, -0.05) is 64.1 Å². The highest BCUT2D eigenvalue weighted by Gasteiger charge is 2.45. The summed E-state index contributed by atoms with van der Waals surface area (Å²) in [4.78, 5) is 155. The molecule has 11 amide bonds. The smallest absolute Gasteiger partial charge is 0.246 e. The molecular formula is C52H75N15O17S2. The summed E-state index contributed by atoms with van der Waals surface area (Å²) in [6.45, 7) is -1.22. The van der Waals surface area contributed by atoms with Gasteiger partial charge in [0.1, 0.15) is 72.5 Å². The van der Waals surface area contributed by atoms with Gasteiger partial charge >= 0.3 is 0 Å². The van der Waals surface area contributed by atoms with Gasteiger partial charge < -0.3 is 106 Å². The fraction of sp³-hybridized carbons (Fsp3) is 0.538. The largest absolute Gasteiger partial charge is 0.462 e. The average molecular weight is 1250 g/mol. The minimum Gasteiger partial charge on any atom is -0.462 e. The maximum absolute atomic E-state index is 14.7. The minimum absolute atomic E-state index is 0.0221. The standard InChI is InChI=1S/C52H75N15O17S2/c53-28-23-85-86-24-34(50(82)67-17-5-9-35(67)49(81)62-29(8-4-16-59-52(57)58)44(76)60-21-39(56)71)66-48(80)33(20-38(55)70)65-45(77)30(14-15-37(54)69)61-46(78)32(18-25-6-2-1-3-7-25)64-47(79)31(63-43(28)75)19-26-10-12-27(13-11-26)83-51-42(74)41(73)40(72)36(22-68)84-51/h1-3,6-7,10-13,28-36,40-42,51,68,72-74H,4-5,8-9,14-24,53H2,(H2,54,69)(H2,55,70)(H2,56,71)(H,60,76)(H,61,78)(H,62,81)(H,63,75)(H,64,79)(H,65,77)(H,66,80)(H4,57,58,59)/t28-,29-,30-,31-,32-,33-,34-,35-,36+,40+,41-,42+,51+/m0/s1. The molecule has 23 N–H and O–H groups in total. The van der Waals surface area contributed by atoms with Crippen LogP contribution in [0.3, 0.4) is 0 Å². The molecule has 13 atom stereocenters. The van der Waals surface area contributed by atoms with Crippen LogP contribution in [0.1, 0.15) is 56.1 Å². The molecule has 0 spiro atoms. The van der Waals surface area contributed by atoms with E-state index in [0.717, 1.165) is 26.5 Å². The van der Waals surface area contributed by atoms with Crippen LogP contribution in [0, 0.1) is 0 Å². The minimum atomic E-state index is -1.84. The number of aliphatic imine (C=N–C) groups is 1. The maximum atomic E-state index is 14.7. The zero-order valence-corrected chi connectivity index (χ0v) is 48.2. The molecule has 3 heterocycles. The van der Waals surface area contributed by atoms with Crippen molar-refractivity contribution < 1.29 is 82.6 Å². The lowest BCUT2D eigenvalue weighted by atomic mass is 9.99. The number of guanidine groups is 1. The van der Waals surface area contributed by atoms with Crippen molar-refractivity contribution in [3.8, 4) is 5.75 Å². The lowest BCUT2D eigenvalue weighted by molar-refractivity contribution is -0.277. The topological polar surface area (TPSA) is 543 Å². The number of carbonyl (C=O) groups excluding carboxylic acids is 11. The molecule has 5 rings (SSSR count). The average Bonchev–Trinajstić information content (AvgIpc) is 2.47. The van der Waals surface area contributed by atoms with E-state index in [1.165, 1.54) is 24.3 Å². The van der Waals surface area contributed by atoms with Gasteiger partial charge in [-0.15, -0.1) is 0 Å². The normalized spacial score (nSPS) is 26.6. The van der Waals surface area contributed by atoms with Gasteiger partial charge in [0.2, 0.25) is 71.3 Å². The zero-order chi connectivity index (χ0) is 63.2. The SMILES string of the molecule is NC(=O)CC[C@@H]1NC(=O)[C@H](Cc2ccccc2)NC(=O)[C@H](Cc2ccc(O[C@@H]3O[C@H](CO)[C@@H](O)[C@H](O)[C@H]3O)cc2)NC(=O)[C@@H](N)CSSC[C@@H](C(=O)N2CCC[C@H]2C(=O)N[C@@H](CCCN=C(N)N)C(=O)NCC(N)=O)NC(=O)[C@H](CC(N)=O)NC1=O. The highest BCUT2D eigenvalue weighted by Crippen LogP contribution is 2.27. The lowest BCUT2D eigenvalue weighted by Crippen LogP contribution is -2.61. The third-order valence-electron chi connectivity index (χ3n) is 13.7. The molecule has 0 bridgehead atoms. The molecular weight excluding hydrogens is 1170 g/mol. The number of nitrogens with zero attached hydrogens (tertiary/aromatic N) is 2. The lowest BCUT2D eigenvalue weighted by Gasteiger charge is -2.39. The molecule has 0 unspecified atom stereocenters. The summed E-state index contributed by atoms with van der Waals surface area (Å²) in [5, 5.41) is 58.3. The molecule has 86 heavy (non-hydrogen) atoms. The van der Waals surface area contributed by atoms with Crippen LogP contribution in [0.25, 0.3) is 0 Å². The van der Waals surface area contributed by atoms with Crippen LogP contribution in [0.2, 0.25) is 0 Å². The van der Waals surface area contributed by atoms with Crippen LogP contribution < -0.4 is 76.4 Å². The molecule has 3 aliphatic heterocycles. The van der Waals surface area contributed by atoms with Crippen LogP contribution in [0.15, 0.2) is 59.6 Å². The van der Waals surface area contributed by atoms with Gasteiger partial charge in [-0.2, -0.15) is 0 Å². The van der Waals surface area contributed by atoms with Gasteiger partial charge in [0.05, 0.1) is 25.6 Å². The third kappa shape index (κ3) is 21.3. The van der Waals surface area contributed by atoms with Gasteiger partial charge in [0.15, 0.2) is 5.96 Å². The Kier molecular flexibility index (Phi) is 27.0. The molecule has 3 aliphatic rings. The second-order valence-corrected chi connectivity index (χ2v) is 22.9. The zero-order valence-electron chi connectivity index (χ0n) is 46.6. The number of hydrogen-bond acceptors (Lipinski definition) is 21. The summed E-state index contributed by atoms with van der Waals surface area (Å²) in [6.07, 6.45) is -9.68. The number of aliphatic hydroxyl groups is 4. The van der Waals surface area contributed by atoms with Crippen molar-refractivity contribution in [3.05, 3.63) is 65.7 Å². The van der Waals surface area contributed by atoms with E-state index in [0.29, 0.717) is 11.1 Å². The predicted molar refractivity (Wildman–Crippen MR) is 308 cm³/mol. The number of ether oxygens (including phenoxy) is 2. The fourth-order valence-electron chi connectivity index (χ4n) is 9.17. The van der Waals surface area contributed by atoms with Crippen molar-refractivity contribution in [1.29, 1.82) is 0 Å². The number of aliphatic hydroxyl groups excluding tert-OH is 4. The van der Waals surface area contributed by atoms with Crippen LogP contribution >= 0.6 is 21.6 Å². The van der Waals surface area contributed by atoms with E-state index < -0.39 is 176 Å². The third-order valence-corrected chi connectivity index (χ3v) is 16.2. The number of rotatable bonds is 22. The Labute approximate surface area is 500 Å². The first-order valence-corrected chi connectivity index (χ1v) is 29.7. The number of primary amides is 3. The van der Waals surface area contributed by atoms with Crippen molar-refractivity contribution in [3.63, 3.8) is 0 Å². The number of carbonyl (C=O) groups is 11. The first kappa shape index (κ1) is 68.9. The molecule has 472 valence electrons. The molecule has 3 fully saturated rings. The Morgan fingerprint density at radius 1 is 0.721 bits per heavy atom. The summed E-state index contributed by atoms with van der Waals surface area (Å²) >= 11 is 0. The summed E-state index contributed by atoms with van der Waals surface area (Å²) < 4.78 is 11.2. The fourth-order valence-corrected chi connectivity index (χ4v) is 11.4. The maximum Gasteiger partial charge on any atom is 0.246 e. The van der Waals surface area contributed by atoms with Gasteiger partial charge in [0.25, 0.3) is 0 Å². The van der Waals surface area contributed by atoms with E-state index in [-0.39, 0.29) is 74.8 Å². The van der Waals surface area contributed by atoms with E-state index in [1.54, 1.807) is 30.3 Å². The Balaban J connectivity index is 1.47. The number of amides is 11. The van der Waals surface area contributed by atoms with Gasteiger partial charge in [-0.05, 0) is 55.4 Å². The van der Waals surface area contributed by atoms with Gasteiger partial charge in [0, 0.05) is 43.9 Å². The van der Waals surface area contributed by atoms with Crippen LogP contribution in [0.5, 0.6) is 5.75 Å². The van der Waals surface area contributed by atoms with E-state index in [4.69, 9.17) is 43.9 Å². The molecule has 2 aromatic carbocycles. The Hall–Kier alpha value is -7.86. The first-order chi connectivity index (χ1) is 40.8. The Morgan fingerprint density at radius 3 is 1.93 bits per heavy atom. The Morgan fingerprint density at radius 2 is 1.31 bits per heavy atom. The number of hydrogen-bond donors (Lipinski definition) is 17. The van der Waals surface area contributed by atoms with E-state index >= 15 is 0 Å². The van der Waals surface area contributed by atoms with Crippen molar-refractivity contribution in [1.82, 2.24) is 42.1 Å². The number of nitrogens with two attached hydrogens (primary N) is 6. The van der Waals surface area contributed by atoms with Gasteiger partial charge in [-0.25, -0.2) is 0 Å². The second kappa shape index (κ2) is 33.7. The van der Waals surface area contributed by atoms with E-state index in [1.807, 2.05) is 0 Å². The highest BCUT2D eigenvalue weighted by atomic mass is 33.1. The monoisotopic (exact) mass is 1250 g/mol.